The van der Waals surface area contributed by atoms with Crippen LogP contribution in [0.4, 0.5) is 0 Å². The number of ether oxygens (including phenoxy) is 1. The summed E-state index contributed by atoms with van der Waals surface area (Å²) in [6.45, 7) is 6.63. The van der Waals surface area contributed by atoms with Crippen LogP contribution in [0.15, 0.2) is 48.5 Å². The Bertz CT molecular complexity index is 1240. The molecule has 1 fully saturated rings. The first-order valence-electron chi connectivity index (χ1n) is 12.0. The number of benzene rings is 2. The highest BCUT2D eigenvalue weighted by Crippen LogP contribution is 2.44. The third-order valence-corrected chi connectivity index (χ3v) is 9.82. The van der Waals surface area contributed by atoms with Crippen LogP contribution in [-0.2, 0) is 24.2 Å². The van der Waals surface area contributed by atoms with Crippen LogP contribution in [0, 0.1) is 0 Å². The minimum atomic E-state index is -3.58. The van der Waals surface area contributed by atoms with Crippen LogP contribution in [0.3, 0.4) is 0 Å². The minimum absolute atomic E-state index is 0.175. The Labute approximate surface area is 229 Å². The Morgan fingerprint density at radius 3 is 2.22 bits per heavy atom. The van der Waals surface area contributed by atoms with E-state index in [0.29, 0.717) is 15.6 Å². The number of rotatable bonds is 7. The molecule has 7 nitrogen and oxygen atoms in total. The summed E-state index contributed by atoms with van der Waals surface area (Å²) in [5.41, 5.74) is 1.43. The largest absolute Gasteiger partial charge is 0.357 e. The molecule has 3 rings (SSSR count). The average molecular weight is 570 g/mol. The molecule has 0 unspecified atom stereocenters. The van der Waals surface area contributed by atoms with Crippen molar-refractivity contribution in [3.8, 4) is 0 Å². The summed E-state index contributed by atoms with van der Waals surface area (Å²) in [7, 11) is -0.361. The number of carbonyl (C=O) groups excluding carboxylic acids is 2. The second kappa shape index (κ2) is 11.3. The molecule has 0 aliphatic carbocycles. The highest BCUT2D eigenvalue weighted by atomic mass is 35.5. The van der Waals surface area contributed by atoms with E-state index < -0.39 is 44.8 Å². The molecule has 202 valence electrons. The van der Waals surface area contributed by atoms with Crippen molar-refractivity contribution in [3.63, 3.8) is 0 Å². The second-order valence-electron chi connectivity index (χ2n) is 10.6. The number of morpholine rings is 1. The molecule has 10 heteroatoms. The van der Waals surface area contributed by atoms with Crippen molar-refractivity contribution < 1.29 is 22.7 Å². The normalized spacial score (nSPS) is 21.6. The summed E-state index contributed by atoms with van der Waals surface area (Å²) >= 11 is 12.5. The molecule has 37 heavy (non-hydrogen) atoms. The molecule has 0 spiro atoms. The maximum Gasteiger partial charge on any atom is 0.253 e. The van der Waals surface area contributed by atoms with E-state index in [9.17, 15) is 18.0 Å². The van der Waals surface area contributed by atoms with Gasteiger partial charge in [0.25, 0.3) is 5.91 Å². The van der Waals surface area contributed by atoms with Gasteiger partial charge in [0, 0.05) is 30.2 Å². The van der Waals surface area contributed by atoms with E-state index in [2.05, 4.69) is 0 Å². The molecule has 2 aromatic carbocycles. The zero-order chi connectivity index (χ0) is 27.7. The van der Waals surface area contributed by atoms with Crippen LogP contribution in [0.5, 0.6) is 0 Å². The van der Waals surface area contributed by atoms with Gasteiger partial charge in [-0.15, -0.1) is 0 Å². The first-order chi connectivity index (χ1) is 17.1. The van der Waals surface area contributed by atoms with Crippen molar-refractivity contribution in [1.82, 2.24) is 9.80 Å². The molecule has 1 saturated heterocycles. The van der Waals surface area contributed by atoms with E-state index in [1.165, 1.54) is 4.90 Å². The lowest BCUT2D eigenvalue weighted by Crippen LogP contribution is -2.56. The quantitative estimate of drug-likeness (QED) is 0.464. The van der Waals surface area contributed by atoms with Crippen LogP contribution >= 0.6 is 23.2 Å². The summed E-state index contributed by atoms with van der Waals surface area (Å²) in [5, 5.41) is 1.01. The second-order valence-corrected chi connectivity index (χ2v) is 14.2. The lowest BCUT2D eigenvalue weighted by Gasteiger charge is -2.47. The molecule has 0 bridgehead atoms. The predicted octanol–water partition coefficient (Wildman–Crippen LogP) is 5.08. The molecule has 0 N–H and O–H groups in total. The Balaban J connectivity index is 2.18. The zero-order valence-corrected chi connectivity index (χ0v) is 24.3. The number of sulfone groups is 1. The number of nitrogens with zero attached hydrogens (tertiary/aromatic N) is 2. The molecule has 1 aliphatic rings. The molecule has 1 aliphatic heterocycles. The monoisotopic (exact) mass is 568 g/mol. The molecule has 0 radical (unpaired) electrons. The van der Waals surface area contributed by atoms with Gasteiger partial charge in [-0.25, -0.2) is 8.42 Å². The summed E-state index contributed by atoms with van der Waals surface area (Å²) in [4.78, 5) is 29.5. The van der Waals surface area contributed by atoms with Crippen LogP contribution in [-0.4, -0.2) is 66.8 Å². The van der Waals surface area contributed by atoms with Crippen molar-refractivity contribution in [3.05, 3.63) is 69.7 Å². The number of halogens is 2. The smallest absolute Gasteiger partial charge is 0.253 e. The van der Waals surface area contributed by atoms with Crippen molar-refractivity contribution in [1.29, 1.82) is 0 Å². The number of hydrogen-bond donors (Lipinski definition) is 0. The van der Waals surface area contributed by atoms with Crippen LogP contribution < -0.4 is 0 Å². The molecule has 2 amide bonds. The van der Waals surface area contributed by atoms with Gasteiger partial charge in [0.05, 0.1) is 23.0 Å². The van der Waals surface area contributed by atoms with Crippen LogP contribution in [0.25, 0.3) is 0 Å². The van der Waals surface area contributed by atoms with Gasteiger partial charge in [-0.3, -0.25) is 9.59 Å². The Hall–Kier alpha value is -2.13. The van der Waals surface area contributed by atoms with Crippen LogP contribution in [0.1, 0.15) is 57.4 Å². The van der Waals surface area contributed by atoms with Gasteiger partial charge in [-0.2, -0.15) is 0 Å². The molecule has 0 aromatic heterocycles. The third-order valence-electron chi connectivity index (χ3n) is 6.54. The number of hydrogen-bond acceptors (Lipinski definition) is 5. The highest BCUT2D eigenvalue weighted by Gasteiger charge is 2.48. The van der Waals surface area contributed by atoms with Gasteiger partial charge >= 0.3 is 0 Å². The summed E-state index contributed by atoms with van der Waals surface area (Å²) in [6, 6.07) is 12.8. The lowest BCUT2D eigenvalue weighted by molar-refractivity contribution is -0.180. The van der Waals surface area contributed by atoms with E-state index in [-0.39, 0.29) is 18.1 Å². The maximum atomic E-state index is 13.9. The Kier molecular flexibility index (Phi) is 9.00. The summed E-state index contributed by atoms with van der Waals surface area (Å²) in [5.74, 6) is -0.962. The van der Waals surface area contributed by atoms with E-state index in [1.807, 2.05) is 6.07 Å². The minimum Gasteiger partial charge on any atom is -0.357 e. The SMILES string of the molecule is C[C@@H](CS(=O)(=O)C(C)(C)C)N1C(=O)[C@H](CC(=O)N(C)C)O[C@H](c2cccc(Cl)c2)[C@H]1c1ccc(Cl)cc1. The fourth-order valence-corrected chi connectivity index (χ4v) is 5.93. The fourth-order valence-electron chi connectivity index (χ4n) is 4.31. The van der Waals surface area contributed by atoms with Crippen molar-refractivity contribution in [2.75, 3.05) is 19.8 Å². The van der Waals surface area contributed by atoms with E-state index in [4.69, 9.17) is 27.9 Å². The molecule has 4 atom stereocenters. The van der Waals surface area contributed by atoms with E-state index in [0.717, 1.165) is 5.56 Å². The van der Waals surface area contributed by atoms with Crippen molar-refractivity contribution >= 4 is 44.9 Å². The molecule has 0 saturated carbocycles. The zero-order valence-electron chi connectivity index (χ0n) is 21.9. The molecule has 1 heterocycles. The van der Waals surface area contributed by atoms with Crippen molar-refractivity contribution in [2.24, 2.45) is 0 Å². The van der Waals surface area contributed by atoms with Gasteiger partial charge in [0.15, 0.2) is 9.84 Å². The van der Waals surface area contributed by atoms with Crippen LogP contribution in [0.2, 0.25) is 10.0 Å². The predicted molar refractivity (Wildman–Crippen MR) is 146 cm³/mol. The fraction of sp³-hybridized carbons (Fsp3) is 0.481. The first-order valence-corrected chi connectivity index (χ1v) is 14.4. The number of amides is 2. The topological polar surface area (TPSA) is 84.0 Å². The first kappa shape index (κ1) is 29.4. The van der Waals surface area contributed by atoms with Gasteiger partial charge < -0.3 is 14.5 Å². The van der Waals surface area contributed by atoms with E-state index in [1.54, 1.807) is 89.2 Å². The average Bonchev–Trinajstić information content (AvgIpc) is 2.79. The maximum absolute atomic E-state index is 13.9. The summed E-state index contributed by atoms with van der Waals surface area (Å²) in [6.07, 6.45) is -1.98. The van der Waals surface area contributed by atoms with Gasteiger partial charge in [-0.1, -0.05) is 47.5 Å². The standard InChI is InChI=1S/C27H34Cl2N2O5S/c1-17(16-37(34,35)27(2,3)4)31-24(18-10-12-20(28)13-11-18)25(19-8-7-9-21(29)14-19)36-22(26(31)33)15-23(32)30(5)6/h7-14,17,22,24-25H,15-16H2,1-6H3/t17-,22-,24+,25+/m0/s1. The molecule has 2 aromatic rings. The Morgan fingerprint density at radius 2 is 1.68 bits per heavy atom. The van der Waals surface area contributed by atoms with Gasteiger partial charge in [0.2, 0.25) is 5.91 Å². The lowest BCUT2D eigenvalue weighted by atomic mass is 9.90. The molecular weight excluding hydrogens is 535 g/mol. The number of carbonyl (C=O) groups is 2. The summed E-state index contributed by atoms with van der Waals surface area (Å²) < 4.78 is 31.7. The van der Waals surface area contributed by atoms with Gasteiger partial charge in [-0.05, 0) is 63.1 Å². The highest BCUT2D eigenvalue weighted by molar-refractivity contribution is 7.92. The van der Waals surface area contributed by atoms with Gasteiger partial charge in [0.1, 0.15) is 12.2 Å². The van der Waals surface area contributed by atoms with E-state index >= 15 is 0 Å². The molecular formula is C27H34Cl2N2O5S. The third kappa shape index (κ3) is 6.66. The Morgan fingerprint density at radius 1 is 1.05 bits per heavy atom. The van der Waals surface area contributed by atoms with Crippen molar-refractivity contribution in [2.45, 2.75) is 63.2 Å².